The number of para-hydroxylation sites is 1. The number of aryl methyl sites for hydroxylation is 1. The van der Waals surface area contributed by atoms with Gasteiger partial charge in [0.05, 0.1) is 11.9 Å². The van der Waals surface area contributed by atoms with Crippen LogP contribution in [0.15, 0.2) is 35.4 Å². The molecule has 0 fully saturated rings. The summed E-state index contributed by atoms with van der Waals surface area (Å²) in [5.41, 5.74) is 7.44. The molecule has 7 heteroatoms. The van der Waals surface area contributed by atoms with Crippen molar-refractivity contribution in [1.82, 2.24) is 10.2 Å². The minimum atomic E-state index is -3.70. The number of fused-ring (bicyclic) bond motifs is 1. The summed E-state index contributed by atoms with van der Waals surface area (Å²) in [5.74, 6) is 0.0697. The highest BCUT2D eigenvalue weighted by Gasteiger charge is 2.35. The van der Waals surface area contributed by atoms with Crippen LogP contribution in [0.4, 0.5) is 11.5 Å². The molecular formula is C13H16N4O2S. The van der Waals surface area contributed by atoms with Crippen molar-refractivity contribution in [1.29, 1.82) is 0 Å². The normalized spacial score (nSPS) is 18.9. The van der Waals surface area contributed by atoms with Crippen molar-refractivity contribution in [2.24, 2.45) is 0 Å². The van der Waals surface area contributed by atoms with E-state index in [4.69, 9.17) is 5.73 Å². The Balaban J connectivity index is 2.17. The zero-order valence-corrected chi connectivity index (χ0v) is 11.9. The third-order valence-corrected chi connectivity index (χ3v) is 5.59. The highest BCUT2D eigenvalue weighted by Crippen LogP contribution is 2.35. The maximum absolute atomic E-state index is 12.8. The number of benzene rings is 1. The smallest absolute Gasteiger partial charge is 0.269 e. The van der Waals surface area contributed by atoms with Gasteiger partial charge in [-0.15, -0.1) is 0 Å². The van der Waals surface area contributed by atoms with Crippen molar-refractivity contribution < 1.29 is 8.42 Å². The van der Waals surface area contributed by atoms with E-state index in [-0.39, 0.29) is 16.8 Å². The van der Waals surface area contributed by atoms with E-state index in [0.29, 0.717) is 0 Å². The van der Waals surface area contributed by atoms with Gasteiger partial charge < -0.3 is 5.73 Å². The number of nitrogens with two attached hydrogens (primary N) is 1. The minimum absolute atomic E-state index is 0.0288. The average Bonchev–Trinajstić information content (AvgIpc) is 2.85. The number of nitrogens with one attached hydrogen (secondary N) is 1. The predicted molar refractivity (Wildman–Crippen MR) is 76.9 cm³/mol. The van der Waals surface area contributed by atoms with Crippen molar-refractivity contribution in [3.05, 3.63) is 36.0 Å². The van der Waals surface area contributed by atoms with Gasteiger partial charge in [-0.05, 0) is 31.4 Å². The van der Waals surface area contributed by atoms with Crippen molar-refractivity contribution in [2.45, 2.75) is 30.7 Å². The molecule has 0 saturated carbocycles. The van der Waals surface area contributed by atoms with E-state index in [9.17, 15) is 8.42 Å². The van der Waals surface area contributed by atoms with Crippen LogP contribution in [0.25, 0.3) is 0 Å². The molecule has 0 spiro atoms. The second-order valence-corrected chi connectivity index (χ2v) is 6.75. The van der Waals surface area contributed by atoms with Gasteiger partial charge in [-0.25, -0.2) is 8.42 Å². The van der Waals surface area contributed by atoms with Gasteiger partial charge in [-0.3, -0.25) is 9.40 Å². The monoisotopic (exact) mass is 292 g/mol. The summed E-state index contributed by atoms with van der Waals surface area (Å²) in [6.07, 6.45) is 2.92. The summed E-state index contributed by atoms with van der Waals surface area (Å²) in [7, 11) is -3.70. The molecule has 1 aromatic heterocycles. The molecule has 0 radical (unpaired) electrons. The number of nitrogen functional groups attached to an aromatic ring is 1. The summed E-state index contributed by atoms with van der Waals surface area (Å²) in [5, 5.41) is 6.18. The van der Waals surface area contributed by atoms with Crippen molar-refractivity contribution in [2.75, 3.05) is 10.0 Å². The number of hydrogen-bond acceptors (Lipinski definition) is 4. The molecule has 1 aromatic carbocycles. The molecule has 1 aliphatic rings. The van der Waals surface area contributed by atoms with Crippen LogP contribution in [-0.4, -0.2) is 24.7 Å². The van der Waals surface area contributed by atoms with Gasteiger partial charge in [0.15, 0.2) is 0 Å². The molecule has 1 aliphatic heterocycles. The van der Waals surface area contributed by atoms with E-state index in [1.54, 1.807) is 0 Å². The van der Waals surface area contributed by atoms with Crippen LogP contribution < -0.4 is 10.0 Å². The average molecular weight is 292 g/mol. The number of H-pyrrole nitrogens is 1. The fourth-order valence-corrected chi connectivity index (χ4v) is 4.36. The standard InChI is InChI=1S/C13H16N4O2S/c1-9-6-7-10-4-2-3-5-11(10)17(9)20(18,19)12-8-15-16-13(12)14/h2-5,8-9H,6-7H2,1H3,(H3,14,15,16). The van der Waals surface area contributed by atoms with Crippen LogP contribution in [0.2, 0.25) is 0 Å². The van der Waals surface area contributed by atoms with Crippen LogP contribution in [0.3, 0.4) is 0 Å². The lowest BCUT2D eigenvalue weighted by molar-refractivity contribution is 0.563. The highest BCUT2D eigenvalue weighted by molar-refractivity contribution is 7.93. The number of hydrogen-bond donors (Lipinski definition) is 2. The van der Waals surface area contributed by atoms with Gasteiger partial charge in [0.25, 0.3) is 10.0 Å². The van der Waals surface area contributed by atoms with Crippen molar-refractivity contribution in [3.8, 4) is 0 Å². The molecule has 2 aromatic rings. The quantitative estimate of drug-likeness (QED) is 0.877. The third kappa shape index (κ3) is 1.85. The van der Waals surface area contributed by atoms with Gasteiger partial charge >= 0.3 is 0 Å². The molecule has 3 N–H and O–H groups in total. The zero-order valence-electron chi connectivity index (χ0n) is 11.1. The van der Waals surface area contributed by atoms with Crippen LogP contribution in [-0.2, 0) is 16.4 Å². The number of nitrogens with zero attached hydrogens (tertiary/aromatic N) is 2. The minimum Gasteiger partial charge on any atom is -0.383 e. The molecule has 0 aliphatic carbocycles. The Kier molecular flexibility index (Phi) is 2.93. The van der Waals surface area contributed by atoms with Crippen LogP contribution in [0, 0.1) is 0 Å². The fourth-order valence-electron chi connectivity index (χ4n) is 2.62. The third-order valence-electron chi connectivity index (χ3n) is 3.63. The number of anilines is 2. The lowest BCUT2D eigenvalue weighted by Gasteiger charge is -2.35. The van der Waals surface area contributed by atoms with E-state index in [0.717, 1.165) is 24.1 Å². The predicted octanol–water partition coefficient (Wildman–Crippen LogP) is 1.52. The maximum Gasteiger partial charge on any atom is 0.269 e. The molecule has 1 unspecified atom stereocenters. The molecule has 6 nitrogen and oxygen atoms in total. The van der Waals surface area contributed by atoms with Gasteiger partial charge in [0.2, 0.25) is 0 Å². The molecular weight excluding hydrogens is 276 g/mol. The first-order valence-corrected chi connectivity index (χ1v) is 7.87. The van der Waals surface area contributed by atoms with E-state index in [1.165, 1.54) is 10.5 Å². The Labute approximate surface area is 117 Å². The Bertz CT molecular complexity index is 738. The lowest BCUT2D eigenvalue weighted by atomic mass is 9.99. The van der Waals surface area contributed by atoms with Crippen molar-refractivity contribution >= 4 is 21.5 Å². The van der Waals surface area contributed by atoms with Crippen LogP contribution >= 0.6 is 0 Å². The number of rotatable bonds is 2. The molecule has 106 valence electrons. The molecule has 3 rings (SSSR count). The summed E-state index contributed by atoms with van der Waals surface area (Å²) in [4.78, 5) is 0.0288. The molecule has 2 heterocycles. The second kappa shape index (κ2) is 4.52. The summed E-state index contributed by atoms with van der Waals surface area (Å²) in [6, 6.07) is 7.45. The number of sulfonamides is 1. The van der Waals surface area contributed by atoms with Gasteiger partial charge in [-0.1, -0.05) is 18.2 Å². The fraction of sp³-hybridized carbons (Fsp3) is 0.308. The molecule has 20 heavy (non-hydrogen) atoms. The zero-order chi connectivity index (χ0) is 14.3. The van der Waals surface area contributed by atoms with Gasteiger partial charge in [0, 0.05) is 6.04 Å². The summed E-state index contributed by atoms with van der Waals surface area (Å²) in [6.45, 7) is 1.91. The van der Waals surface area contributed by atoms with E-state index >= 15 is 0 Å². The molecule has 1 atom stereocenters. The van der Waals surface area contributed by atoms with E-state index in [2.05, 4.69) is 10.2 Å². The van der Waals surface area contributed by atoms with E-state index < -0.39 is 10.0 Å². The van der Waals surface area contributed by atoms with Crippen LogP contribution in [0.5, 0.6) is 0 Å². The SMILES string of the molecule is CC1CCc2ccccc2N1S(=O)(=O)c1cn[nH]c1N. The first-order valence-electron chi connectivity index (χ1n) is 6.43. The molecule has 0 saturated heterocycles. The molecule has 0 amide bonds. The van der Waals surface area contributed by atoms with Gasteiger partial charge in [0.1, 0.15) is 10.7 Å². The number of aromatic nitrogens is 2. The first kappa shape index (κ1) is 13.0. The Hall–Kier alpha value is -2.02. The summed E-state index contributed by atoms with van der Waals surface area (Å²) >= 11 is 0. The van der Waals surface area contributed by atoms with Crippen LogP contribution in [0.1, 0.15) is 18.9 Å². The first-order chi connectivity index (χ1) is 9.51. The lowest BCUT2D eigenvalue weighted by Crippen LogP contribution is -2.42. The number of aromatic amines is 1. The van der Waals surface area contributed by atoms with E-state index in [1.807, 2.05) is 31.2 Å². The Morgan fingerprint density at radius 2 is 2.15 bits per heavy atom. The maximum atomic E-state index is 12.8. The second-order valence-electron chi connectivity index (χ2n) is 4.97. The Morgan fingerprint density at radius 3 is 2.85 bits per heavy atom. The van der Waals surface area contributed by atoms with Gasteiger partial charge in [-0.2, -0.15) is 5.10 Å². The highest BCUT2D eigenvalue weighted by atomic mass is 32.2. The Morgan fingerprint density at radius 1 is 1.40 bits per heavy atom. The summed E-state index contributed by atoms with van der Waals surface area (Å²) < 4.78 is 27.1. The topological polar surface area (TPSA) is 92.1 Å². The largest absolute Gasteiger partial charge is 0.383 e. The van der Waals surface area contributed by atoms with Crippen molar-refractivity contribution in [3.63, 3.8) is 0 Å². The molecule has 0 bridgehead atoms.